The van der Waals surface area contributed by atoms with Crippen LogP contribution in [0.4, 0.5) is 5.69 Å². The molecule has 1 rings (SSSR count). The summed E-state index contributed by atoms with van der Waals surface area (Å²) < 4.78 is 0. The molecular formula is C14H21ClN2O. The molecule has 0 radical (unpaired) electrons. The second-order valence-electron chi connectivity index (χ2n) is 4.86. The molecule has 0 heterocycles. The lowest BCUT2D eigenvalue weighted by Gasteiger charge is -2.20. The molecule has 1 atom stereocenters. The van der Waals surface area contributed by atoms with Crippen molar-refractivity contribution in [2.45, 2.75) is 20.8 Å². The zero-order valence-electron chi connectivity index (χ0n) is 11.4. The van der Waals surface area contributed by atoms with Crippen LogP contribution in [0.25, 0.3) is 0 Å². The summed E-state index contributed by atoms with van der Waals surface area (Å²) in [7, 11) is 1.86. The normalized spacial score (nSPS) is 12.6. The minimum absolute atomic E-state index is 0.0370. The molecule has 1 amide bonds. The molecule has 0 aliphatic carbocycles. The lowest BCUT2D eigenvalue weighted by molar-refractivity contribution is -0.120. The fourth-order valence-electron chi connectivity index (χ4n) is 1.84. The molecule has 2 N–H and O–H groups in total. The Kier molecular flexibility index (Phi) is 5.63. The van der Waals surface area contributed by atoms with Gasteiger partial charge >= 0.3 is 0 Å². The van der Waals surface area contributed by atoms with Gasteiger partial charge < -0.3 is 10.6 Å². The van der Waals surface area contributed by atoms with Gasteiger partial charge in [0, 0.05) is 17.3 Å². The Labute approximate surface area is 114 Å². The molecule has 0 aliphatic rings. The first-order valence-corrected chi connectivity index (χ1v) is 6.55. The van der Waals surface area contributed by atoms with E-state index in [1.165, 1.54) is 0 Å². The molecule has 0 saturated heterocycles. The summed E-state index contributed by atoms with van der Waals surface area (Å²) in [6, 6.07) is 5.47. The predicted octanol–water partition coefficient (Wildman–Crippen LogP) is 3.08. The Balaban J connectivity index is 2.79. The Hall–Kier alpha value is -1.06. The molecule has 0 fully saturated rings. The van der Waals surface area contributed by atoms with E-state index in [1.54, 1.807) is 6.07 Å². The van der Waals surface area contributed by atoms with E-state index in [4.69, 9.17) is 11.6 Å². The third kappa shape index (κ3) is 4.00. The van der Waals surface area contributed by atoms with Crippen molar-refractivity contribution in [1.82, 2.24) is 5.32 Å². The molecule has 1 aromatic carbocycles. The SMILES string of the molecule is CNCC(C(=O)Nc1ccc(Cl)cc1C)C(C)C. The van der Waals surface area contributed by atoms with Crippen LogP contribution in [0.2, 0.25) is 5.02 Å². The first kappa shape index (κ1) is 15.0. The number of benzene rings is 1. The van der Waals surface area contributed by atoms with Crippen molar-refractivity contribution in [3.63, 3.8) is 0 Å². The van der Waals surface area contributed by atoms with Crippen LogP contribution in [0.3, 0.4) is 0 Å². The van der Waals surface area contributed by atoms with Crippen molar-refractivity contribution in [3.8, 4) is 0 Å². The van der Waals surface area contributed by atoms with Crippen LogP contribution in [0, 0.1) is 18.8 Å². The molecule has 4 heteroatoms. The molecule has 18 heavy (non-hydrogen) atoms. The lowest BCUT2D eigenvalue weighted by Crippen LogP contribution is -2.34. The summed E-state index contributed by atoms with van der Waals surface area (Å²) in [5.74, 6) is 0.305. The van der Waals surface area contributed by atoms with E-state index in [0.29, 0.717) is 17.5 Å². The van der Waals surface area contributed by atoms with Crippen molar-refractivity contribution in [2.75, 3.05) is 18.9 Å². The van der Waals surface area contributed by atoms with E-state index >= 15 is 0 Å². The Morgan fingerprint density at radius 2 is 2.06 bits per heavy atom. The van der Waals surface area contributed by atoms with Crippen LogP contribution in [0.15, 0.2) is 18.2 Å². The quantitative estimate of drug-likeness (QED) is 0.862. The highest BCUT2D eigenvalue weighted by molar-refractivity contribution is 6.30. The van der Waals surface area contributed by atoms with E-state index < -0.39 is 0 Å². The summed E-state index contributed by atoms with van der Waals surface area (Å²) in [6.07, 6.45) is 0. The van der Waals surface area contributed by atoms with Crippen molar-refractivity contribution in [2.24, 2.45) is 11.8 Å². The first-order valence-electron chi connectivity index (χ1n) is 6.17. The topological polar surface area (TPSA) is 41.1 Å². The van der Waals surface area contributed by atoms with E-state index in [2.05, 4.69) is 24.5 Å². The first-order chi connectivity index (χ1) is 8.45. The molecule has 1 aromatic rings. The zero-order valence-corrected chi connectivity index (χ0v) is 12.1. The Bertz CT molecular complexity index is 418. The molecule has 0 aromatic heterocycles. The number of halogens is 1. The maximum absolute atomic E-state index is 12.2. The van der Waals surface area contributed by atoms with Gasteiger partial charge in [-0.25, -0.2) is 0 Å². The number of aryl methyl sites for hydroxylation is 1. The summed E-state index contributed by atoms with van der Waals surface area (Å²) in [6.45, 7) is 6.71. The molecule has 1 unspecified atom stereocenters. The van der Waals surface area contributed by atoms with Crippen molar-refractivity contribution in [1.29, 1.82) is 0 Å². The Morgan fingerprint density at radius 3 is 2.56 bits per heavy atom. The van der Waals surface area contributed by atoms with E-state index in [0.717, 1.165) is 11.3 Å². The summed E-state index contributed by atoms with van der Waals surface area (Å²) in [5.41, 5.74) is 1.80. The average Bonchev–Trinajstić information content (AvgIpc) is 2.29. The maximum Gasteiger partial charge on any atom is 0.229 e. The van der Waals surface area contributed by atoms with Crippen LogP contribution >= 0.6 is 11.6 Å². The second kappa shape index (κ2) is 6.76. The number of rotatable bonds is 5. The highest BCUT2D eigenvalue weighted by Gasteiger charge is 2.21. The van der Waals surface area contributed by atoms with Crippen LogP contribution in [0.1, 0.15) is 19.4 Å². The van der Waals surface area contributed by atoms with E-state index in [-0.39, 0.29) is 11.8 Å². The lowest BCUT2D eigenvalue weighted by atomic mass is 9.94. The molecule has 0 bridgehead atoms. The third-order valence-corrected chi connectivity index (χ3v) is 3.25. The van der Waals surface area contributed by atoms with Crippen LogP contribution < -0.4 is 10.6 Å². The van der Waals surface area contributed by atoms with Gasteiger partial charge in [0.2, 0.25) is 5.91 Å². The van der Waals surface area contributed by atoms with Gasteiger partial charge in [0.05, 0.1) is 5.92 Å². The Morgan fingerprint density at radius 1 is 1.39 bits per heavy atom. The molecule has 0 aliphatic heterocycles. The smallest absolute Gasteiger partial charge is 0.229 e. The summed E-state index contributed by atoms with van der Waals surface area (Å²) >= 11 is 5.89. The molecule has 0 saturated carbocycles. The number of amides is 1. The molecule has 3 nitrogen and oxygen atoms in total. The predicted molar refractivity (Wildman–Crippen MR) is 77.1 cm³/mol. The van der Waals surface area contributed by atoms with Gasteiger partial charge in [-0.05, 0) is 43.7 Å². The van der Waals surface area contributed by atoms with E-state index in [9.17, 15) is 4.79 Å². The van der Waals surface area contributed by atoms with Crippen molar-refractivity contribution < 1.29 is 4.79 Å². The van der Waals surface area contributed by atoms with Gasteiger partial charge in [-0.15, -0.1) is 0 Å². The number of carbonyl (C=O) groups excluding carboxylic acids is 1. The van der Waals surface area contributed by atoms with Gasteiger partial charge in [0.15, 0.2) is 0 Å². The van der Waals surface area contributed by atoms with E-state index in [1.807, 2.05) is 26.1 Å². The number of hydrogen-bond acceptors (Lipinski definition) is 2. The zero-order chi connectivity index (χ0) is 13.7. The van der Waals surface area contributed by atoms with Crippen LogP contribution in [0.5, 0.6) is 0 Å². The van der Waals surface area contributed by atoms with Crippen LogP contribution in [-0.4, -0.2) is 19.5 Å². The standard InChI is InChI=1S/C14H21ClN2O/c1-9(2)12(8-16-4)14(18)17-13-6-5-11(15)7-10(13)3/h5-7,9,12,16H,8H2,1-4H3,(H,17,18). The monoisotopic (exact) mass is 268 g/mol. The minimum atomic E-state index is -0.0370. The van der Waals surface area contributed by atoms with Crippen molar-refractivity contribution >= 4 is 23.2 Å². The summed E-state index contributed by atoms with van der Waals surface area (Å²) in [5, 5.41) is 6.71. The number of hydrogen-bond donors (Lipinski definition) is 2. The fraction of sp³-hybridized carbons (Fsp3) is 0.500. The molecule has 100 valence electrons. The largest absolute Gasteiger partial charge is 0.326 e. The van der Waals surface area contributed by atoms with Gasteiger partial charge in [-0.1, -0.05) is 25.4 Å². The number of anilines is 1. The van der Waals surface area contributed by atoms with Gasteiger partial charge in [0.1, 0.15) is 0 Å². The fourth-order valence-corrected chi connectivity index (χ4v) is 2.07. The van der Waals surface area contributed by atoms with Gasteiger partial charge in [-0.3, -0.25) is 4.79 Å². The highest BCUT2D eigenvalue weighted by Crippen LogP contribution is 2.21. The van der Waals surface area contributed by atoms with Crippen LogP contribution in [-0.2, 0) is 4.79 Å². The van der Waals surface area contributed by atoms with Gasteiger partial charge in [0.25, 0.3) is 0 Å². The summed E-state index contributed by atoms with van der Waals surface area (Å²) in [4.78, 5) is 12.2. The highest BCUT2D eigenvalue weighted by atomic mass is 35.5. The average molecular weight is 269 g/mol. The van der Waals surface area contributed by atoms with Gasteiger partial charge in [-0.2, -0.15) is 0 Å². The second-order valence-corrected chi connectivity index (χ2v) is 5.29. The molecular weight excluding hydrogens is 248 g/mol. The number of nitrogens with one attached hydrogen (secondary N) is 2. The third-order valence-electron chi connectivity index (χ3n) is 3.01. The molecule has 0 spiro atoms. The number of carbonyl (C=O) groups is 1. The maximum atomic E-state index is 12.2. The van der Waals surface area contributed by atoms with Crippen molar-refractivity contribution in [3.05, 3.63) is 28.8 Å². The minimum Gasteiger partial charge on any atom is -0.326 e.